The van der Waals surface area contributed by atoms with Gasteiger partial charge in [0.2, 0.25) is 5.82 Å². The molecule has 0 saturated carbocycles. The highest BCUT2D eigenvalue weighted by atomic mass is 32.2. The lowest BCUT2D eigenvalue weighted by molar-refractivity contribution is -0.114. The fourth-order valence-corrected chi connectivity index (χ4v) is 5.29. The molecule has 0 unspecified atom stereocenters. The van der Waals surface area contributed by atoms with Crippen molar-refractivity contribution in [2.45, 2.75) is 17.6 Å². The van der Waals surface area contributed by atoms with Gasteiger partial charge in [-0.15, -0.1) is 11.8 Å². The zero-order valence-electron chi connectivity index (χ0n) is 20.1. The van der Waals surface area contributed by atoms with Gasteiger partial charge < -0.3 is 0 Å². The highest BCUT2D eigenvalue weighted by molar-refractivity contribution is 7.98. The number of hydrogen-bond acceptors (Lipinski definition) is 4. The van der Waals surface area contributed by atoms with Crippen LogP contribution >= 0.6 is 11.8 Å². The molecule has 1 amide bonds. The molecule has 1 aliphatic heterocycles. The predicted octanol–water partition coefficient (Wildman–Crippen LogP) is 7.51. The summed E-state index contributed by atoms with van der Waals surface area (Å²) in [5.41, 5.74) is 0.602. The maximum atomic E-state index is 14.4. The highest BCUT2D eigenvalue weighted by Gasteiger charge is 2.37. The van der Waals surface area contributed by atoms with Crippen molar-refractivity contribution in [2.24, 2.45) is 5.10 Å². The van der Waals surface area contributed by atoms with Crippen molar-refractivity contribution in [3.63, 3.8) is 0 Å². The fourth-order valence-electron chi connectivity index (χ4n) is 4.23. The molecule has 39 heavy (non-hydrogen) atoms. The Morgan fingerprint density at radius 1 is 0.872 bits per heavy atom. The summed E-state index contributed by atoms with van der Waals surface area (Å²) in [7, 11) is 0. The van der Waals surface area contributed by atoms with Crippen LogP contribution < -0.4 is 5.01 Å². The number of rotatable bonds is 5. The Labute approximate surface area is 223 Å². The lowest BCUT2D eigenvalue weighted by atomic mass is 10.0. The molecule has 5 rings (SSSR count). The number of carbonyl (C=O) groups excluding carboxylic acids is 1. The summed E-state index contributed by atoms with van der Waals surface area (Å²) < 4.78 is 69.8. The standard InChI is InChI=1S/C29H16F5N3OS/c1-15-21(29(38)37(36-15)28-26(33)24(31)23(30)25(32)27(28)34)12-16-10-11-22(20-9-5-4-8-19(16)20)39-14-18-7-3-2-6-17(18)13-35/h2-12H,14H2,1H3/b21-12+. The molecule has 1 heterocycles. The van der Waals surface area contributed by atoms with E-state index in [0.717, 1.165) is 21.2 Å². The SMILES string of the molecule is CC1=NN(c2c(F)c(F)c(F)c(F)c2F)C(=O)/C1=C/c1ccc(SCc2ccccc2C#N)c2ccccc12. The third-order valence-corrected chi connectivity index (χ3v) is 7.32. The summed E-state index contributed by atoms with van der Waals surface area (Å²) in [5, 5.41) is 15.0. The number of anilines is 1. The van der Waals surface area contributed by atoms with Crippen molar-refractivity contribution in [3.8, 4) is 6.07 Å². The Kier molecular flexibility index (Phi) is 6.93. The first kappa shape index (κ1) is 26.1. The van der Waals surface area contributed by atoms with E-state index >= 15 is 0 Å². The summed E-state index contributed by atoms with van der Waals surface area (Å²) >= 11 is 1.53. The zero-order valence-corrected chi connectivity index (χ0v) is 20.9. The van der Waals surface area contributed by atoms with Gasteiger partial charge in [0.1, 0.15) is 5.69 Å². The van der Waals surface area contributed by atoms with Crippen LogP contribution in [0, 0.1) is 40.4 Å². The van der Waals surface area contributed by atoms with Crippen LogP contribution in [-0.2, 0) is 10.5 Å². The van der Waals surface area contributed by atoms with E-state index in [1.54, 1.807) is 18.2 Å². The van der Waals surface area contributed by atoms with Crippen LogP contribution in [0.3, 0.4) is 0 Å². The molecule has 4 aromatic rings. The molecule has 0 saturated heterocycles. The van der Waals surface area contributed by atoms with Gasteiger partial charge in [-0.25, -0.2) is 22.0 Å². The maximum absolute atomic E-state index is 14.4. The van der Waals surface area contributed by atoms with Crippen LogP contribution in [0.15, 0.2) is 76.2 Å². The summed E-state index contributed by atoms with van der Waals surface area (Å²) in [6.07, 6.45) is 1.47. The van der Waals surface area contributed by atoms with Gasteiger partial charge in [-0.2, -0.15) is 15.4 Å². The second kappa shape index (κ2) is 10.3. The lowest BCUT2D eigenvalue weighted by Gasteiger charge is -2.15. The Balaban J connectivity index is 1.51. The van der Waals surface area contributed by atoms with Gasteiger partial charge in [-0.1, -0.05) is 48.5 Å². The minimum absolute atomic E-state index is 0.0413. The van der Waals surface area contributed by atoms with Crippen LogP contribution in [0.1, 0.15) is 23.6 Å². The number of hydrogen-bond donors (Lipinski definition) is 0. The number of carbonyl (C=O) groups is 1. The van der Waals surface area contributed by atoms with Crippen molar-refractivity contribution in [2.75, 3.05) is 5.01 Å². The second-order valence-electron chi connectivity index (χ2n) is 8.54. The maximum Gasteiger partial charge on any atom is 0.280 e. The molecule has 0 aliphatic carbocycles. The molecule has 0 fully saturated rings. The van der Waals surface area contributed by atoms with E-state index in [1.165, 1.54) is 24.8 Å². The van der Waals surface area contributed by atoms with Crippen molar-refractivity contribution >= 4 is 45.9 Å². The molecular weight excluding hydrogens is 533 g/mol. The van der Waals surface area contributed by atoms with Crippen molar-refractivity contribution < 1.29 is 26.7 Å². The molecule has 1 aliphatic rings. The average molecular weight is 550 g/mol. The number of benzene rings is 4. The first-order valence-electron chi connectivity index (χ1n) is 11.5. The van der Waals surface area contributed by atoms with Gasteiger partial charge >= 0.3 is 0 Å². The Bertz CT molecular complexity index is 1750. The van der Waals surface area contributed by atoms with Crippen LogP contribution in [0.4, 0.5) is 27.6 Å². The molecule has 0 bridgehead atoms. The molecule has 0 radical (unpaired) electrons. The number of hydrazone groups is 1. The van der Waals surface area contributed by atoms with Crippen LogP contribution in [0.2, 0.25) is 0 Å². The van der Waals surface area contributed by atoms with E-state index in [0.29, 0.717) is 16.9 Å². The molecule has 0 atom stereocenters. The minimum Gasteiger partial charge on any atom is -0.267 e. The number of halogens is 5. The largest absolute Gasteiger partial charge is 0.280 e. The minimum atomic E-state index is -2.32. The zero-order chi connectivity index (χ0) is 27.8. The fraction of sp³-hybridized carbons (Fsp3) is 0.0690. The molecule has 10 heteroatoms. The first-order valence-corrected chi connectivity index (χ1v) is 12.5. The average Bonchev–Trinajstić information content (AvgIpc) is 3.22. The molecule has 0 spiro atoms. The summed E-state index contributed by atoms with van der Waals surface area (Å²) in [4.78, 5) is 14.0. The molecule has 4 aromatic carbocycles. The Morgan fingerprint density at radius 2 is 1.49 bits per heavy atom. The first-order chi connectivity index (χ1) is 18.7. The molecule has 4 nitrogen and oxygen atoms in total. The van der Waals surface area contributed by atoms with Crippen LogP contribution in [0.25, 0.3) is 16.8 Å². The summed E-state index contributed by atoms with van der Waals surface area (Å²) in [6, 6.07) is 20.5. The van der Waals surface area contributed by atoms with E-state index in [9.17, 15) is 32.0 Å². The third kappa shape index (κ3) is 4.55. The van der Waals surface area contributed by atoms with E-state index in [-0.39, 0.29) is 16.3 Å². The van der Waals surface area contributed by atoms with Crippen molar-refractivity contribution in [3.05, 3.63) is 112 Å². The van der Waals surface area contributed by atoms with E-state index in [4.69, 9.17) is 0 Å². The van der Waals surface area contributed by atoms with Gasteiger partial charge in [0.05, 0.1) is 22.9 Å². The van der Waals surface area contributed by atoms with Crippen LogP contribution in [-0.4, -0.2) is 11.6 Å². The summed E-state index contributed by atoms with van der Waals surface area (Å²) in [6.45, 7) is 1.40. The molecule has 0 N–H and O–H groups in total. The monoisotopic (exact) mass is 549 g/mol. The number of nitriles is 1. The second-order valence-corrected chi connectivity index (χ2v) is 9.55. The predicted molar refractivity (Wildman–Crippen MR) is 139 cm³/mol. The van der Waals surface area contributed by atoms with E-state index in [1.807, 2.05) is 42.5 Å². The summed E-state index contributed by atoms with van der Waals surface area (Å²) in [5.74, 6) is -11.4. The van der Waals surface area contributed by atoms with Crippen LogP contribution in [0.5, 0.6) is 0 Å². The topological polar surface area (TPSA) is 56.5 Å². The smallest absolute Gasteiger partial charge is 0.267 e. The molecule has 194 valence electrons. The quantitative estimate of drug-likeness (QED) is 0.0852. The van der Waals surface area contributed by atoms with E-state index < -0.39 is 40.7 Å². The van der Waals surface area contributed by atoms with Gasteiger partial charge in [0.25, 0.3) is 5.91 Å². The van der Waals surface area contributed by atoms with Crippen molar-refractivity contribution in [1.82, 2.24) is 0 Å². The normalized spacial score (nSPS) is 14.3. The number of amides is 1. The van der Waals surface area contributed by atoms with Gasteiger partial charge in [-0.3, -0.25) is 4.79 Å². The Hall–Kier alpha value is -4.49. The Morgan fingerprint density at radius 3 is 2.18 bits per heavy atom. The van der Waals surface area contributed by atoms with Gasteiger partial charge in [-0.05, 0) is 47.0 Å². The van der Waals surface area contributed by atoms with E-state index in [2.05, 4.69) is 11.2 Å². The number of fused-ring (bicyclic) bond motifs is 1. The molecule has 0 aromatic heterocycles. The number of thioether (sulfide) groups is 1. The molecular formula is C29H16F5N3OS. The number of nitrogens with zero attached hydrogens (tertiary/aromatic N) is 3. The van der Waals surface area contributed by atoms with Gasteiger partial charge in [0, 0.05) is 10.6 Å². The van der Waals surface area contributed by atoms with Gasteiger partial charge in [0.15, 0.2) is 23.3 Å². The third-order valence-electron chi connectivity index (χ3n) is 6.20. The van der Waals surface area contributed by atoms with Crippen molar-refractivity contribution in [1.29, 1.82) is 5.26 Å². The lowest BCUT2D eigenvalue weighted by Crippen LogP contribution is -2.25. The highest BCUT2D eigenvalue weighted by Crippen LogP contribution is 2.36.